The molecule has 18 nitrogen and oxygen atoms in total. The molecule has 2 aromatic carbocycles. The number of aromatic nitrogens is 3. The molecule has 0 aliphatic carbocycles. The van der Waals surface area contributed by atoms with Gasteiger partial charge in [-0.2, -0.15) is 40.2 Å². The van der Waals surface area contributed by atoms with Gasteiger partial charge in [0.15, 0.2) is 0 Å². The highest BCUT2D eigenvalue weighted by Crippen LogP contribution is 2.28. The van der Waals surface area contributed by atoms with Crippen molar-refractivity contribution in [3.63, 3.8) is 0 Å². The summed E-state index contributed by atoms with van der Waals surface area (Å²) in [4.78, 5) is 10.2. The molecule has 3 rings (SSSR count). The summed E-state index contributed by atoms with van der Waals surface area (Å²) in [5.74, 6) is -0.831. The van der Waals surface area contributed by atoms with Crippen LogP contribution in [0, 0.1) is 0 Å². The van der Waals surface area contributed by atoms with E-state index < -0.39 is 66.7 Å². The van der Waals surface area contributed by atoms with Crippen LogP contribution in [-0.4, -0.2) is 81.6 Å². The van der Waals surface area contributed by atoms with Crippen LogP contribution in [0.5, 0.6) is 0 Å². The molecule has 0 saturated heterocycles. The SMILES string of the molecule is CS(=O)(=O)NCCNc1nc(Nc2ccc(S(=O)(=O)O)cc2)nc(Nc2cc(S(=O)(=O)O)ccc2S(=O)(=O)O)n1. The van der Waals surface area contributed by atoms with E-state index in [-0.39, 0.29) is 30.7 Å². The van der Waals surface area contributed by atoms with E-state index in [2.05, 4.69) is 35.6 Å². The van der Waals surface area contributed by atoms with Crippen molar-refractivity contribution in [3.8, 4) is 0 Å². The molecule has 1 heterocycles. The average molecular weight is 640 g/mol. The van der Waals surface area contributed by atoms with Crippen molar-refractivity contribution >= 4 is 69.6 Å². The fourth-order valence-corrected chi connectivity index (χ4v) is 5.02. The van der Waals surface area contributed by atoms with E-state index in [1.54, 1.807) is 0 Å². The average Bonchev–Trinajstić information content (AvgIpc) is 2.80. The zero-order valence-electron chi connectivity index (χ0n) is 20.0. The smallest absolute Gasteiger partial charge is 0.296 e. The fraction of sp³-hybridized carbons (Fsp3) is 0.167. The largest absolute Gasteiger partial charge is 0.353 e. The second-order valence-electron chi connectivity index (χ2n) is 7.76. The highest BCUT2D eigenvalue weighted by atomic mass is 32.2. The van der Waals surface area contributed by atoms with Crippen LogP contribution in [0.1, 0.15) is 0 Å². The van der Waals surface area contributed by atoms with Gasteiger partial charge in [-0.15, -0.1) is 0 Å². The summed E-state index contributed by atoms with van der Waals surface area (Å²) < 4.78 is 122. The predicted molar refractivity (Wildman–Crippen MR) is 140 cm³/mol. The van der Waals surface area contributed by atoms with Gasteiger partial charge in [0, 0.05) is 18.8 Å². The summed E-state index contributed by atoms with van der Waals surface area (Å²) in [6, 6.07) is 6.83. The molecule has 0 amide bonds. The molecular formula is C18H21N7O11S4. The monoisotopic (exact) mass is 639 g/mol. The molecule has 0 unspecified atom stereocenters. The van der Waals surface area contributed by atoms with Crippen molar-refractivity contribution in [1.82, 2.24) is 19.7 Å². The number of rotatable bonds is 12. The van der Waals surface area contributed by atoms with Gasteiger partial charge in [-0.3, -0.25) is 13.7 Å². The number of benzene rings is 2. The Labute approximate surface area is 228 Å². The van der Waals surface area contributed by atoms with E-state index in [1.165, 1.54) is 12.1 Å². The lowest BCUT2D eigenvalue weighted by atomic mass is 10.3. The van der Waals surface area contributed by atoms with Gasteiger partial charge in [0.05, 0.1) is 21.7 Å². The highest BCUT2D eigenvalue weighted by molar-refractivity contribution is 7.88. The molecule has 0 radical (unpaired) electrons. The Balaban J connectivity index is 2.01. The second kappa shape index (κ2) is 11.5. The van der Waals surface area contributed by atoms with Crippen LogP contribution in [0.2, 0.25) is 0 Å². The molecule has 0 fully saturated rings. The molecule has 0 aliphatic rings. The van der Waals surface area contributed by atoms with E-state index in [1.807, 2.05) is 0 Å². The van der Waals surface area contributed by atoms with Gasteiger partial charge in [0.25, 0.3) is 30.4 Å². The van der Waals surface area contributed by atoms with Crippen LogP contribution >= 0.6 is 0 Å². The van der Waals surface area contributed by atoms with Crippen LogP contribution in [0.25, 0.3) is 0 Å². The van der Waals surface area contributed by atoms with Gasteiger partial charge in [-0.1, -0.05) is 0 Å². The van der Waals surface area contributed by atoms with Gasteiger partial charge in [0.2, 0.25) is 27.9 Å². The number of hydrogen-bond donors (Lipinski definition) is 7. The Kier molecular flexibility index (Phi) is 8.95. The maximum Gasteiger partial charge on any atom is 0.296 e. The summed E-state index contributed by atoms with van der Waals surface area (Å²) in [6.45, 7) is -0.121. The quantitative estimate of drug-likeness (QED) is 0.102. The summed E-state index contributed by atoms with van der Waals surface area (Å²) in [7, 11) is -17.7. The maximum absolute atomic E-state index is 11.8. The van der Waals surface area contributed by atoms with Crippen molar-refractivity contribution in [2.45, 2.75) is 14.7 Å². The summed E-state index contributed by atoms with van der Waals surface area (Å²) in [5.41, 5.74) is -0.321. The van der Waals surface area contributed by atoms with Gasteiger partial charge in [-0.05, 0) is 42.5 Å². The van der Waals surface area contributed by atoms with Crippen molar-refractivity contribution in [3.05, 3.63) is 42.5 Å². The first kappa shape index (κ1) is 31.0. The van der Waals surface area contributed by atoms with Gasteiger partial charge in [-0.25, -0.2) is 13.1 Å². The first-order valence-corrected chi connectivity index (χ1v) is 16.7. The molecule has 0 aliphatic heterocycles. The van der Waals surface area contributed by atoms with E-state index in [4.69, 9.17) is 4.55 Å². The van der Waals surface area contributed by atoms with E-state index in [0.717, 1.165) is 24.5 Å². The number of sulfonamides is 1. The zero-order valence-corrected chi connectivity index (χ0v) is 23.3. The first-order valence-electron chi connectivity index (χ1n) is 10.5. The second-order valence-corrected chi connectivity index (χ2v) is 13.8. The third kappa shape index (κ3) is 9.02. The summed E-state index contributed by atoms with van der Waals surface area (Å²) >= 11 is 0. The standard InChI is InChI=1S/C18H21N7O11S4/c1-37(26,27)20-9-8-19-16-23-17(21-11-2-4-12(5-3-11)38(28,29)30)25-18(24-16)22-14-10-13(39(31,32)33)6-7-15(14)40(34,35)36/h2-7,10,20H,8-9H2,1H3,(H,28,29,30)(H,31,32,33)(H,34,35,36)(H3,19,21,22,23,24,25). The Morgan fingerprint density at radius 2 is 1.18 bits per heavy atom. The van der Waals surface area contributed by atoms with Crippen LogP contribution < -0.4 is 20.7 Å². The summed E-state index contributed by atoms with van der Waals surface area (Å²) in [6.07, 6.45) is 0.945. The Morgan fingerprint density at radius 3 is 1.70 bits per heavy atom. The number of hydrogen-bond acceptors (Lipinski definition) is 14. The van der Waals surface area contributed by atoms with Gasteiger partial charge >= 0.3 is 0 Å². The minimum Gasteiger partial charge on any atom is -0.353 e. The van der Waals surface area contributed by atoms with Crippen molar-refractivity contribution in [2.24, 2.45) is 0 Å². The Morgan fingerprint density at radius 1 is 0.650 bits per heavy atom. The molecule has 0 bridgehead atoms. The molecule has 3 aromatic rings. The topological polar surface area (TPSA) is 284 Å². The molecular weight excluding hydrogens is 619 g/mol. The van der Waals surface area contributed by atoms with E-state index >= 15 is 0 Å². The van der Waals surface area contributed by atoms with Crippen LogP contribution in [-0.2, 0) is 40.4 Å². The molecule has 0 saturated carbocycles. The molecule has 0 atom stereocenters. The molecule has 0 spiro atoms. The minimum absolute atomic E-state index is 0.0342. The first-order chi connectivity index (χ1) is 18.3. The number of nitrogens with zero attached hydrogens (tertiary/aromatic N) is 3. The highest BCUT2D eigenvalue weighted by Gasteiger charge is 2.21. The molecule has 40 heavy (non-hydrogen) atoms. The van der Waals surface area contributed by atoms with Crippen LogP contribution in [0.4, 0.5) is 29.2 Å². The van der Waals surface area contributed by atoms with Gasteiger partial charge in [0.1, 0.15) is 4.90 Å². The van der Waals surface area contributed by atoms with Crippen LogP contribution in [0.15, 0.2) is 57.2 Å². The normalized spacial score (nSPS) is 12.6. The molecule has 22 heteroatoms. The van der Waals surface area contributed by atoms with Crippen molar-refractivity contribution in [1.29, 1.82) is 0 Å². The van der Waals surface area contributed by atoms with E-state index in [0.29, 0.717) is 12.1 Å². The zero-order chi connectivity index (χ0) is 29.9. The van der Waals surface area contributed by atoms with Crippen LogP contribution in [0.3, 0.4) is 0 Å². The van der Waals surface area contributed by atoms with Gasteiger partial charge < -0.3 is 16.0 Å². The minimum atomic E-state index is -4.91. The number of nitrogens with one attached hydrogen (secondary N) is 4. The lowest BCUT2D eigenvalue weighted by Gasteiger charge is -2.13. The lowest BCUT2D eigenvalue weighted by molar-refractivity contribution is 0.479. The lowest BCUT2D eigenvalue weighted by Crippen LogP contribution is -2.28. The molecule has 218 valence electrons. The van der Waals surface area contributed by atoms with E-state index in [9.17, 15) is 42.8 Å². The number of anilines is 5. The molecule has 1 aromatic heterocycles. The third-order valence-corrected chi connectivity index (χ3v) is 7.95. The van der Waals surface area contributed by atoms with Crippen molar-refractivity contribution < 1.29 is 47.3 Å². The van der Waals surface area contributed by atoms with Crippen molar-refractivity contribution in [2.75, 3.05) is 35.3 Å². The summed E-state index contributed by atoms with van der Waals surface area (Å²) in [5, 5.41) is 7.83. The predicted octanol–water partition coefficient (Wildman–Crippen LogP) is 0.0600. The maximum atomic E-state index is 11.8. The molecule has 7 N–H and O–H groups in total. The fourth-order valence-electron chi connectivity index (χ4n) is 2.93. The Bertz CT molecular complexity index is 1850. The Hall–Kier alpha value is -3.51. The third-order valence-electron chi connectivity index (χ3n) is 4.59.